The molecule has 1 fully saturated rings. The predicted molar refractivity (Wildman–Crippen MR) is 75.6 cm³/mol. The summed E-state index contributed by atoms with van der Waals surface area (Å²) in [5.41, 5.74) is 6.98. The number of thioether (sulfide) groups is 2. The summed E-state index contributed by atoms with van der Waals surface area (Å²) in [6.45, 7) is 2.93. The Labute approximate surface area is 119 Å². The van der Waals surface area contributed by atoms with Crippen LogP contribution in [0.15, 0.2) is 23.3 Å². The number of nitrogens with zero attached hydrogens (tertiary/aromatic N) is 4. The number of nitrogens with two attached hydrogens (primary N) is 1. The number of rotatable bonds is 4. The molecule has 0 radical (unpaired) electrons. The van der Waals surface area contributed by atoms with Gasteiger partial charge in [0.1, 0.15) is 17.7 Å². The third kappa shape index (κ3) is 2.28. The Kier molecular flexibility index (Phi) is 3.55. The van der Waals surface area contributed by atoms with E-state index in [-0.39, 0.29) is 17.3 Å². The molecule has 1 unspecified atom stereocenters. The Hall–Kier alpha value is -0.990. The van der Waals surface area contributed by atoms with Crippen molar-refractivity contribution in [2.45, 2.75) is 30.0 Å². The van der Waals surface area contributed by atoms with Gasteiger partial charge in [-0.05, 0) is 12.5 Å². The molecule has 1 aromatic heterocycles. The Morgan fingerprint density at radius 1 is 1.63 bits per heavy atom. The third-order valence-electron chi connectivity index (χ3n) is 3.19. The van der Waals surface area contributed by atoms with Gasteiger partial charge in [-0.25, -0.2) is 0 Å². The van der Waals surface area contributed by atoms with Crippen LogP contribution < -0.4 is 5.73 Å². The SMILES string of the molecule is CCn1cnnc1SCC1=CN2C(=O)C(N)[C@H]2SC1. The Bertz CT molecular complexity index is 529. The summed E-state index contributed by atoms with van der Waals surface area (Å²) >= 11 is 3.39. The molecular formula is C11H15N5OS2. The number of hydrogen-bond acceptors (Lipinski definition) is 6. The van der Waals surface area contributed by atoms with Gasteiger partial charge in [-0.15, -0.1) is 22.0 Å². The summed E-state index contributed by atoms with van der Waals surface area (Å²) in [4.78, 5) is 13.3. The van der Waals surface area contributed by atoms with Crippen molar-refractivity contribution in [3.05, 3.63) is 18.1 Å². The maximum atomic E-state index is 11.6. The van der Waals surface area contributed by atoms with Crippen LogP contribution in [-0.4, -0.2) is 48.5 Å². The van der Waals surface area contributed by atoms with Gasteiger partial charge >= 0.3 is 0 Å². The highest BCUT2D eigenvalue weighted by Crippen LogP contribution is 2.36. The number of carbonyl (C=O) groups is 1. The molecule has 0 aromatic carbocycles. The van der Waals surface area contributed by atoms with Gasteiger partial charge in [0.25, 0.3) is 0 Å². The minimum Gasteiger partial charge on any atom is -0.317 e. The van der Waals surface area contributed by atoms with Gasteiger partial charge < -0.3 is 15.2 Å². The highest BCUT2D eigenvalue weighted by atomic mass is 32.2. The van der Waals surface area contributed by atoms with Gasteiger partial charge in [-0.2, -0.15) is 0 Å². The van der Waals surface area contributed by atoms with Gasteiger partial charge in [0.2, 0.25) is 5.91 Å². The molecule has 0 saturated carbocycles. The van der Waals surface area contributed by atoms with Crippen molar-refractivity contribution in [2.24, 2.45) is 5.73 Å². The first-order chi connectivity index (χ1) is 9.20. The van der Waals surface area contributed by atoms with E-state index in [1.54, 1.807) is 34.8 Å². The van der Waals surface area contributed by atoms with Crippen molar-refractivity contribution in [3.63, 3.8) is 0 Å². The fourth-order valence-electron chi connectivity index (χ4n) is 2.07. The zero-order chi connectivity index (χ0) is 13.4. The van der Waals surface area contributed by atoms with Crippen molar-refractivity contribution in [2.75, 3.05) is 11.5 Å². The molecule has 19 heavy (non-hydrogen) atoms. The van der Waals surface area contributed by atoms with Crippen LogP contribution in [0, 0.1) is 0 Å². The Balaban J connectivity index is 1.62. The van der Waals surface area contributed by atoms with Gasteiger partial charge in [0.05, 0.1) is 0 Å². The van der Waals surface area contributed by atoms with E-state index in [9.17, 15) is 4.79 Å². The van der Waals surface area contributed by atoms with Crippen molar-refractivity contribution in [1.29, 1.82) is 0 Å². The number of aryl methyl sites for hydroxylation is 1. The summed E-state index contributed by atoms with van der Waals surface area (Å²) in [7, 11) is 0. The molecular weight excluding hydrogens is 282 g/mol. The molecule has 1 aromatic rings. The highest BCUT2D eigenvalue weighted by molar-refractivity contribution is 8.01. The maximum absolute atomic E-state index is 11.6. The topological polar surface area (TPSA) is 77.0 Å². The Morgan fingerprint density at radius 3 is 3.26 bits per heavy atom. The van der Waals surface area contributed by atoms with E-state index in [4.69, 9.17) is 5.73 Å². The van der Waals surface area contributed by atoms with Gasteiger partial charge in [-0.1, -0.05) is 11.8 Å². The van der Waals surface area contributed by atoms with Gasteiger partial charge in [0, 0.05) is 24.3 Å². The van der Waals surface area contributed by atoms with Crippen molar-refractivity contribution >= 4 is 29.4 Å². The van der Waals surface area contributed by atoms with Crippen LogP contribution in [0.5, 0.6) is 0 Å². The number of carbonyl (C=O) groups excluding carboxylic acids is 1. The zero-order valence-electron chi connectivity index (χ0n) is 10.5. The van der Waals surface area contributed by atoms with Crippen LogP contribution in [0.25, 0.3) is 0 Å². The smallest absolute Gasteiger partial charge is 0.247 e. The average molecular weight is 297 g/mol. The fraction of sp³-hybridized carbons (Fsp3) is 0.545. The second-order valence-electron chi connectivity index (χ2n) is 4.45. The molecule has 1 saturated heterocycles. The predicted octanol–water partition coefficient (Wildman–Crippen LogP) is 0.516. The lowest BCUT2D eigenvalue weighted by molar-refractivity contribution is -0.140. The quantitative estimate of drug-likeness (QED) is 0.645. The monoisotopic (exact) mass is 297 g/mol. The molecule has 102 valence electrons. The summed E-state index contributed by atoms with van der Waals surface area (Å²) in [5, 5.41) is 9.05. The second-order valence-corrected chi connectivity index (χ2v) is 6.50. The minimum absolute atomic E-state index is 0.0245. The van der Waals surface area contributed by atoms with Crippen LogP contribution in [-0.2, 0) is 11.3 Å². The van der Waals surface area contributed by atoms with Crippen molar-refractivity contribution < 1.29 is 4.79 Å². The Morgan fingerprint density at radius 2 is 2.47 bits per heavy atom. The minimum atomic E-state index is -0.321. The standard InChI is InChI=1S/C11H15N5OS2/c1-2-15-6-13-14-11(15)19-5-7-3-16-9(17)8(12)10(16)18-4-7/h3,6,8,10H,2,4-5,12H2,1H3/t8?,10-/m1/s1. The molecule has 0 spiro atoms. The maximum Gasteiger partial charge on any atom is 0.247 e. The molecule has 2 N–H and O–H groups in total. The molecule has 0 aliphatic carbocycles. The number of fused-ring (bicyclic) bond motifs is 1. The molecule has 2 aliphatic heterocycles. The van der Waals surface area contributed by atoms with Crippen LogP contribution in [0.2, 0.25) is 0 Å². The summed E-state index contributed by atoms with van der Waals surface area (Å²) in [6.07, 6.45) is 3.69. The summed E-state index contributed by atoms with van der Waals surface area (Å²) in [6, 6.07) is -0.321. The third-order valence-corrected chi connectivity index (χ3v) is 5.68. The molecule has 8 heteroatoms. The number of β-lactam (4-membered cyclic amide) rings is 1. The first-order valence-corrected chi connectivity index (χ1v) is 8.13. The average Bonchev–Trinajstić information content (AvgIpc) is 2.91. The van der Waals surface area contributed by atoms with E-state index in [0.717, 1.165) is 23.2 Å². The molecule has 2 aliphatic rings. The van der Waals surface area contributed by atoms with Crippen molar-refractivity contribution in [3.8, 4) is 0 Å². The lowest BCUT2D eigenvalue weighted by Crippen LogP contribution is -2.66. The lowest BCUT2D eigenvalue weighted by Gasteiger charge is -2.45. The number of hydrogen-bond donors (Lipinski definition) is 1. The van der Waals surface area contributed by atoms with E-state index in [2.05, 4.69) is 17.1 Å². The van der Waals surface area contributed by atoms with E-state index in [1.165, 1.54) is 5.57 Å². The molecule has 3 heterocycles. The van der Waals surface area contributed by atoms with Crippen LogP contribution >= 0.6 is 23.5 Å². The van der Waals surface area contributed by atoms with Crippen LogP contribution in [0.4, 0.5) is 0 Å². The summed E-state index contributed by atoms with van der Waals surface area (Å²) < 4.78 is 2.01. The molecule has 1 amide bonds. The lowest BCUT2D eigenvalue weighted by atomic mass is 10.1. The molecule has 6 nitrogen and oxygen atoms in total. The number of aromatic nitrogens is 3. The zero-order valence-corrected chi connectivity index (χ0v) is 12.2. The van der Waals surface area contributed by atoms with Crippen LogP contribution in [0.1, 0.15) is 6.92 Å². The van der Waals surface area contributed by atoms with E-state index >= 15 is 0 Å². The normalized spacial score (nSPS) is 25.9. The largest absolute Gasteiger partial charge is 0.317 e. The summed E-state index contributed by atoms with van der Waals surface area (Å²) in [5.74, 6) is 1.78. The second kappa shape index (κ2) is 5.18. The van der Waals surface area contributed by atoms with E-state index < -0.39 is 0 Å². The van der Waals surface area contributed by atoms with E-state index in [0.29, 0.717) is 0 Å². The fourth-order valence-corrected chi connectivity index (χ4v) is 4.34. The number of amides is 1. The molecule has 0 bridgehead atoms. The van der Waals surface area contributed by atoms with Crippen LogP contribution in [0.3, 0.4) is 0 Å². The first kappa shape index (κ1) is 13.0. The van der Waals surface area contributed by atoms with Gasteiger partial charge in [-0.3, -0.25) is 4.79 Å². The highest BCUT2D eigenvalue weighted by Gasteiger charge is 2.46. The first-order valence-electron chi connectivity index (χ1n) is 6.10. The molecule has 2 atom stereocenters. The van der Waals surface area contributed by atoms with E-state index in [1.807, 2.05) is 10.8 Å². The van der Waals surface area contributed by atoms with Gasteiger partial charge in [0.15, 0.2) is 5.16 Å². The van der Waals surface area contributed by atoms with Crippen molar-refractivity contribution in [1.82, 2.24) is 19.7 Å². The molecule has 3 rings (SSSR count).